The van der Waals surface area contributed by atoms with Gasteiger partial charge in [0.15, 0.2) is 0 Å². The summed E-state index contributed by atoms with van der Waals surface area (Å²) in [6.45, 7) is 3.74. The van der Waals surface area contributed by atoms with Crippen LogP contribution in [0.5, 0.6) is 0 Å². The molecule has 0 amide bonds. The molecule has 0 bridgehead atoms. The molecule has 0 saturated heterocycles. The van der Waals surface area contributed by atoms with Crippen LogP contribution in [0.15, 0.2) is 36.5 Å². The molecule has 1 aromatic carbocycles. The molecule has 0 aliphatic carbocycles. The molecule has 2 N–H and O–H groups in total. The average Bonchev–Trinajstić information content (AvgIpc) is 2.27. The van der Waals surface area contributed by atoms with Crippen molar-refractivity contribution in [2.24, 2.45) is 5.73 Å². The van der Waals surface area contributed by atoms with Crippen LogP contribution >= 0.6 is 0 Å². The third kappa shape index (κ3) is 3.14. The Balaban J connectivity index is 2.24. The van der Waals surface area contributed by atoms with E-state index < -0.39 is 5.54 Å². The molecule has 0 spiro atoms. The number of Topliss-reactive ketones (excluding diaryl/α,β-unsaturated/α-hetero) is 1. The Labute approximate surface area is 107 Å². The third-order valence-electron chi connectivity index (χ3n) is 2.78. The molecule has 1 aromatic heterocycles. The van der Waals surface area contributed by atoms with Crippen LogP contribution in [-0.2, 0) is 11.2 Å². The fraction of sp³-hybridized carbons (Fsp3) is 0.333. The lowest BCUT2D eigenvalue weighted by atomic mass is 9.94. The molecule has 0 aliphatic heterocycles. The van der Waals surface area contributed by atoms with E-state index in [4.69, 9.17) is 5.73 Å². The van der Waals surface area contributed by atoms with Gasteiger partial charge in [-0.1, -0.05) is 18.2 Å². The second-order valence-corrected chi connectivity index (χ2v) is 5.37. The van der Waals surface area contributed by atoms with Crippen molar-refractivity contribution >= 4 is 16.7 Å². The van der Waals surface area contributed by atoms with E-state index in [-0.39, 0.29) is 5.78 Å². The van der Waals surface area contributed by atoms with Crippen LogP contribution in [0.3, 0.4) is 0 Å². The van der Waals surface area contributed by atoms with Crippen LogP contribution < -0.4 is 5.73 Å². The molecule has 0 atom stereocenters. The van der Waals surface area contributed by atoms with Gasteiger partial charge < -0.3 is 5.73 Å². The molecule has 0 fully saturated rings. The zero-order valence-corrected chi connectivity index (χ0v) is 10.8. The molecule has 0 aliphatic rings. The highest BCUT2D eigenvalue weighted by atomic mass is 16.1. The summed E-state index contributed by atoms with van der Waals surface area (Å²) in [7, 11) is 0. The minimum Gasteiger partial charge on any atom is -0.325 e. The van der Waals surface area contributed by atoms with Crippen LogP contribution in [0.4, 0.5) is 0 Å². The van der Waals surface area contributed by atoms with Crippen molar-refractivity contribution in [3.63, 3.8) is 0 Å². The molecule has 1 heterocycles. The normalized spacial score (nSPS) is 11.7. The Morgan fingerprint density at radius 2 is 2.00 bits per heavy atom. The highest BCUT2D eigenvalue weighted by Gasteiger charge is 2.17. The number of nitrogens with two attached hydrogens (primary N) is 1. The van der Waals surface area contributed by atoms with Crippen LogP contribution in [-0.4, -0.2) is 16.3 Å². The van der Waals surface area contributed by atoms with Crippen molar-refractivity contribution in [1.82, 2.24) is 4.98 Å². The largest absolute Gasteiger partial charge is 0.325 e. The maximum Gasteiger partial charge on any atom is 0.139 e. The Morgan fingerprint density at radius 1 is 1.28 bits per heavy atom. The maximum atomic E-state index is 12.0. The molecule has 94 valence electrons. The Hall–Kier alpha value is -1.74. The Bertz CT molecular complexity index is 565. The first-order valence-corrected chi connectivity index (χ1v) is 6.09. The van der Waals surface area contributed by atoms with Gasteiger partial charge in [-0.3, -0.25) is 9.78 Å². The lowest BCUT2D eigenvalue weighted by Gasteiger charge is -2.17. The number of fused-ring (bicyclic) bond motifs is 1. The molecular weight excluding hydrogens is 224 g/mol. The molecule has 18 heavy (non-hydrogen) atoms. The highest BCUT2D eigenvalue weighted by molar-refractivity contribution is 5.89. The number of rotatable bonds is 4. The zero-order valence-electron chi connectivity index (χ0n) is 10.8. The number of aromatic nitrogens is 1. The Morgan fingerprint density at radius 3 is 2.72 bits per heavy atom. The molecule has 2 rings (SSSR count). The van der Waals surface area contributed by atoms with Gasteiger partial charge in [0, 0.05) is 30.0 Å². The van der Waals surface area contributed by atoms with E-state index in [2.05, 4.69) is 4.98 Å². The third-order valence-corrected chi connectivity index (χ3v) is 2.78. The van der Waals surface area contributed by atoms with E-state index in [1.54, 1.807) is 6.20 Å². The Kier molecular flexibility index (Phi) is 3.43. The second-order valence-electron chi connectivity index (χ2n) is 5.37. The van der Waals surface area contributed by atoms with Crippen molar-refractivity contribution in [1.29, 1.82) is 0 Å². The van der Waals surface area contributed by atoms with E-state index >= 15 is 0 Å². The summed E-state index contributed by atoms with van der Waals surface area (Å²) in [5.41, 5.74) is 7.37. The fourth-order valence-corrected chi connectivity index (χ4v) is 2.09. The van der Waals surface area contributed by atoms with Crippen molar-refractivity contribution in [2.45, 2.75) is 32.2 Å². The summed E-state index contributed by atoms with van der Waals surface area (Å²) in [5.74, 6) is 0.166. The average molecular weight is 242 g/mol. The predicted molar refractivity (Wildman–Crippen MR) is 73.3 cm³/mol. The standard InChI is InChI=1S/C15H18N2O/c1-15(2,16)10-12(18)9-11-7-8-17-14-6-4-3-5-13(11)14/h3-8H,9-10,16H2,1-2H3. The number of benzene rings is 1. The lowest BCUT2D eigenvalue weighted by Crippen LogP contribution is -2.35. The summed E-state index contributed by atoms with van der Waals surface area (Å²) in [6, 6.07) is 9.77. The van der Waals surface area contributed by atoms with Gasteiger partial charge >= 0.3 is 0 Å². The smallest absolute Gasteiger partial charge is 0.139 e. The van der Waals surface area contributed by atoms with E-state index in [0.717, 1.165) is 16.5 Å². The number of carbonyl (C=O) groups excluding carboxylic acids is 1. The topological polar surface area (TPSA) is 56.0 Å². The van der Waals surface area contributed by atoms with Crippen molar-refractivity contribution in [2.75, 3.05) is 0 Å². The van der Waals surface area contributed by atoms with E-state index in [1.807, 2.05) is 44.2 Å². The molecule has 0 saturated carbocycles. The predicted octanol–water partition coefficient (Wildman–Crippen LogP) is 2.47. The van der Waals surface area contributed by atoms with Crippen molar-refractivity contribution < 1.29 is 4.79 Å². The number of para-hydroxylation sites is 1. The summed E-state index contributed by atoms with van der Waals surface area (Å²) < 4.78 is 0. The number of hydrogen-bond acceptors (Lipinski definition) is 3. The van der Waals surface area contributed by atoms with Gasteiger partial charge in [-0.05, 0) is 31.5 Å². The van der Waals surface area contributed by atoms with E-state index in [9.17, 15) is 4.79 Å². The van der Waals surface area contributed by atoms with Gasteiger partial charge in [-0.15, -0.1) is 0 Å². The minimum absolute atomic E-state index is 0.166. The van der Waals surface area contributed by atoms with Gasteiger partial charge in [0.05, 0.1) is 5.52 Å². The lowest BCUT2D eigenvalue weighted by molar-refractivity contribution is -0.119. The van der Waals surface area contributed by atoms with Gasteiger partial charge in [0.25, 0.3) is 0 Å². The zero-order chi connectivity index (χ0) is 13.2. The summed E-state index contributed by atoms with van der Waals surface area (Å²) in [5, 5.41) is 1.04. The van der Waals surface area contributed by atoms with Crippen LogP contribution in [0.2, 0.25) is 0 Å². The van der Waals surface area contributed by atoms with Crippen molar-refractivity contribution in [3.8, 4) is 0 Å². The first-order valence-electron chi connectivity index (χ1n) is 6.09. The molecular formula is C15H18N2O. The maximum absolute atomic E-state index is 12.0. The number of hydrogen-bond donors (Lipinski definition) is 1. The van der Waals surface area contributed by atoms with Gasteiger partial charge in [0.1, 0.15) is 5.78 Å². The SMILES string of the molecule is CC(C)(N)CC(=O)Cc1ccnc2ccccc12. The highest BCUT2D eigenvalue weighted by Crippen LogP contribution is 2.18. The van der Waals surface area contributed by atoms with E-state index in [1.165, 1.54) is 0 Å². The van der Waals surface area contributed by atoms with E-state index in [0.29, 0.717) is 12.8 Å². The summed E-state index contributed by atoms with van der Waals surface area (Å²) >= 11 is 0. The van der Waals surface area contributed by atoms with Gasteiger partial charge in [-0.2, -0.15) is 0 Å². The number of carbonyl (C=O) groups is 1. The molecule has 3 nitrogen and oxygen atoms in total. The molecule has 3 heteroatoms. The first kappa shape index (κ1) is 12.7. The number of nitrogens with zero attached hydrogens (tertiary/aromatic N) is 1. The fourth-order valence-electron chi connectivity index (χ4n) is 2.09. The molecule has 0 radical (unpaired) electrons. The minimum atomic E-state index is -0.445. The number of pyridine rings is 1. The van der Waals surface area contributed by atoms with Crippen LogP contribution in [0.25, 0.3) is 10.9 Å². The quantitative estimate of drug-likeness (QED) is 0.896. The number of ketones is 1. The van der Waals surface area contributed by atoms with Gasteiger partial charge in [-0.25, -0.2) is 0 Å². The van der Waals surface area contributed by atoms with Crippen LogP contribution in [0.1, 0.15) is 25.8 Å². The monoisotopic (exact) mass is 242 g/mol. The molecule has 0 unspecified atom stereocenters. The van der Waals surface area contributed by atoms with Crippen molar-refractivity contribution in [3.05, 3.63) is 42.1 Å². The molecule has 2 aromatic rings. The second kappa shape index (κ2) is 4.86. The first-order chi connectivity index (χ1) is 8.46. The summed E-state index contributed by atoms with van der Waals surface area (Å²) in [6.07, 6.45) is 2.56. The summed E-state index contributed by atoms with van der Waals surface area (Å²) in [4.78, 5) is 16.3. The van der Waals surface area contributed by atoms with Gasteiger partial charge in [0.2, 0.25) is 0 Å². The van der Waals surface area contributed by atoms with Crippen LogP contribution in [0, 0.1) is 0 Å².